The molecule has 0 aliphatic carbocycles. The molecule has 0 N–H and O–H groups in total. The van der Waals surface area contributed by atoms with E-state index in [4.69, 9.17) is 4.74 Å². The third kappa shape index (κ3) is 3.10. The fraction of sp³-hybridized carbons (Fsp3) is 0.333. The molecule has 20 heavy (non-hydrogen) atoms. The standard InChI is InChI=1S/C15H15BrO3S/c1-8(9(2)17)4-12(18)15-6-10-5-11(16)13(19-3)7-14(10)20-15/h5-8H,4H2,1-3H3/t8-/m0/s1. The van der Waals surface area contributed by atoms with Crippen LogP contribution in [0.1, 0.15) is 29.9 Å². The minimum absolute atomic E-state index is 0.0176. The predicted molar refractivity (Wildman–Crippen MR) is 84.9 cm³/mol. The van der Waals surface area contributed by atoms with Gasteiger partial charge >= 0.3 is 0 Å². The van der Waals surface area contributed by atoms with Gasteiger partial charge in [-0.3, -0.25) is 9.59 Å². The number of ether oxygens (including phenoxy) is 1. The summed E-state index contributed by atoms with van der Waals surface area (Å²) in [5, 5.41) is 1.00. The normalized spacial score (nSPS) is 12.4. The molecule has 0 saturated heterocycles. The van der Waals surface area contributed by atoms with E-state index in [1.807, 2.05) is 18.2 Å². The molecule has 0 unspecified atom stereocenters. The van der Waals surface area contributed by atoms with Crippen molar-refractivity contribution in [2.75, 3.05) is 7.11 Å². The summed E-state index contributed by atoms with van der Waals surface area (Å²) in [6.45, 7) is 3.30. The quantitative estimate of drug-likeness (QED) is 0.744. The Morgan fingerprint density at radius 2 is 2.05 bits per heavy atom. The van der Waals surface area contributed by atoms with Gasteiger partial charge in [0.15, 0.2) is 5.78 Å². The first-order chi connectivity index (χ1) is 9.42. The fourth-order valence-corrected chi connectivity index (χ4v) is 3.40. The van der Waals surface area contributed by atoms with Crippen LogP contribution in [-0.4, -0.2) is 18.7 Å². The molecule has 106 valence electrons. The topological polar surface area (TPSA) is 43.4 Å². The molecule has 0 bridgehead atoms. The molecule has 1 heterocycles. The summed E-state index contributed by atoms with van der Waals surface area (Å²) >= 11 is 4.87. The Balaban J connectivity index is 2.32. The highest BCUT2D eigenvalue weighted by atomic mass is 79.9. The maximum absolute atomic E-state index is 12.2. The number of methoxy groups -OCH3 is 1. The number of Topliss-reactive ketones (excluding diaryl/α,β-unsaturated/α-hetero) is 2. The van der Waals surface area contributed by atoms with Gasteiger partial charge in [-0.15, -0.1) is 11.3 Å². The minimum Gasteiger partial charge on any atom is -0.496 e. The van der Waals surface area contributed by atoms with Gasteiger partial charge in [-0.1, -0.05) is 6.92 Å². The van der Waals surface area contributed by atoms with Crippen LogP contribution in [-0.2, 0) is 4.79 Å². The second kappa shape index (κ2) is 6.06. The summed E-state index contributed by atoms with van der Waals surface area (Å²) < 4.78 is 7.12. The van der Waals surface area contributed by atoms with Gasteiger partial charge in [-0.2, -0.15) is 0 Å². The van der Waals surface area contributed by atoms with Crippen molar-refractivity contribution in [2.24, 2.45) is 5.92 Å². The molecule has 0 radical (unpaired) electrons. The first-order valence-electron chi connectivity index (χ1n) is 6.23. The average Bonchev–Trinajstić information content (AvgIpc) is 2.80. The molecule has 0 saturated carbocycles. The lowest BCUT2D eigenvalue weighted by Crippen LogP contribution is -2.11. The number of thiophene rings is 1. The summed E-state index contributed by atoms with van der Waals surface area (Å²) in [4.78, 5) is 24.1. The van der Waals surface area contributed by atoms with E-state index in [1.54, 1.807) is 14.0 Å². The zero-order valence-corrected chi connectivity index (χ0v) is 13.9. The number of fused-ring (bicyclic) bond motifs is 1. The molecule has 0 aliphatic heterocycles. The van der Waals surface area contributed by atoms with E-state index in [0.717, 1.165) is 20.3 Å². The third-order valence-electron chi connectivity index (χ3n) is 3.25. The first-order valence-corrected chi connectivity index (χ1v) is 7.84. The van der Waals surface area contributed by atoms with E-state index < -0.39 is 0 Å². The van der Waals surface area contributed by atoms with Gasteiger partial charge in [0.25, 0.3) is 0 Å². The number of carbonyl (C=O) groups is 2. The van der Waals surface area contributed by atoms with Crippen molar-refractivity contribution in [3.8, 4) is 5.75 Å². The zero-order chi connectivity index (χ0) is 14.9. The smallest absolute Gasteiger partial charge is 0.173 e. The summed E-state index contributed by atoms with van der Waals surface area (Å²) in [5.41, 5.74) is 0. The molecule has 1 atom stereocenters. The molecule has 0 fully saturated rings. The predicted octanol–water partition coefficient (Wildman–Crippen LogP) is 4.47. The Labute approximate surface area is 130 Å². The summed E-state index contributed by atoms with van der Waals surface area (Å²) in [7, 11) is 1.61. The molecule has 3 nitrogen and oxygen atoms in total. The van der Waals surface area contributed by atoms with Gasteiger partial charge < -0.3 is 4.74 Å². The molecule has 0 amide bonds. The lowest BCUT2D eigenvalue weighted by atomic mass is 10.0. The summed E-state index contributed by atoms with van der Waals surface area (Å²) in [6.07, 6.45) is 0.264. The Morgan fingerprint density at radius 3 is 2.65 bits per heavy atom. The van der Waals surface area contributed by atoms with E-state index in [1.165, 1.54) is 18.3 Å². The number of ketones is 2. The van der Waals surface area contributed by atoms with Crippen molar-refractivity contribution in [3.05, 3.63) is 27.5 Å². The number of hydrogen-bond acceptors (Lipinski definition) is 4. The van der Waals surface area contributed by atoms with E-state index in [2.05, 4.69) is 15.9 Å². The van der Waals surface area contributed by atoms with E-state index >= 15 is 0 Å². The van der Waals surface area contributed by atoms with E-state index in [0.29, 0.717) is 4.88 Å². The van der Waals surface area contributed by atoms with Gasteiger partial charge in [0.1, 0.15) is 11.5 Å². The lowest BCUT2D eigenvalue weighted by Gasteiger charge is -2.04. The second-order valence-corrected chi connectivity index (χ2v) is 6.71. The van der Waals surface area contributed by atoms with Crippen LogP contribution in [0.4, 0.5) is 0 Å². The van der Waals surface area contributed by atoms with Crippen LogP contribution in [0.3, 0.4) is 0 Å². The highest BCUT2D eigenvalue weighted by Crippen LogP contribution is 2.35. The van der Waals surface area contributed by atoms with Crippen LogP contribution in [0.5, 0.6) is 5.75 Å². The van der Waals surface area contributed by atoms with E-state index in [9.17, 15) is 9.59 Å². The van der Waals surface area contributed by atoms with Gasteiger partial charge in [-0.25, -0.2) is 0 Å². The molecule has 1 aromatic heterocycles. The zero-order valence-electron chi connectivity index (χ0n) is 11.5. The molecule has 2 aromatic rings. The Morgan fingerprint density at radius 1 is 1.35 bits per heavy atom. The molecule has 5 heteroatoms. The molecule has 0 spiro atoms. The largest absolute Gasteiger partial charge is 0.496 e. The second-order valence-electron chi connectivity index (χ2n) is 4.77. The number of benzene rings is 1. The summed E-state index contributed by atoms with van der Waals surface area (Å²) in [5.74, 6) is 0.581. The number of carbonyl (C=O) groups excluding carboxylic acids is 2. The van der Waals surface area contributed by atoms with Gasteiger partial charge in [0, 0.05) is 17.0 Å². The lowest BCUT2D eigenvalue weighted by molar-refractivity contribution is -0.120. The maximum atomic E-state index is 12.2. The van der Waals surface area contributed by atoms with Crippen molar-refractivity contribution in [3.63, 3.8) is 0 Å². The third-order valence-corrected chi connectivity index (χ3v) is 5.01. The highest BCUT2D eigenvalue weighted by molar-refractivity contribution is 9.10. The fourth-order valence-electron chi connectivity index (χ4n) is 1.86. The Bertz CT molecular complexity index is 675. The van der Waals surface area contributed by atoms with Crippen LogP contribution in [0.25, 0.3) is 10.1 Å². The van der Waals surface area contributed by atoms with Crippen LogP contribution < -0.4 is 4.74 Å². The molecular formula is C15H15BrO3S. The monoisotopic (exact) mass is 354 g/mol. The minimum atomic E-state index is -0.228. The highest BCUT2D eigenvalue weighted by Gasteiger charge is 2.17. The maximum Gasteiger partial charge on any atom is 0.173 e. The number of rotatable bonds is 5. The molecule has 2 rings (SSSR count). The Hall–Kier alpha value is -1.20. The van der Waals surface area contributed by atoms with Crippen molar-refractivity contribution >= 4 is 48.9 Å². The molecule has 1 aromatic carbocycles. The van der Waals surface area contributed by atoms with Crippen molar-refractivity contribution < 1.29 is 14.3 Å². The molecular weight excluding hydrogens is 340 g/mol. The molecule has 0 aliphatic rings. The van der Waals surface area contributed by atoms with Crippen molar-refractivity contribution in [1.29, 1.82) is 0 Å². The van der Waals surface area contributed by atoms with E-state index in [-0.39, 0.29) is 23.9 Å². The van der Waals surface area contributed by atoms with Crippen LogP contribution >= 0.6 is 27.3 Å². The number of halogens is 1. The summed E-state index contributed by atoms with van der Waals surface area (Å²) in [6, 6.07) is 5.73. The van der Waals surface area contributed by atoms with Crippen molar-refractivity contribution in [2.45, 2.75) is 20.3 Å². The average molecular weight is 355 g/mol. The van der Waals surface area contributed by atoms with Crippen molar-refractivity contribution in [1.82, 2.24) is 0 Å². The van der Waals surface area contributed by atoms with Gasteiger partial charge in [0.2, 0.25) is 0 Å². The van der Waals surface area contributed by atoms with Crippen LogP contribution in [0.2, 0.25) is 0 Å². The SMILES string of the molecule is COc1cc2sc(C(=O)C[C@H](C)C(C)=O)cc2cc1Br. The van der Waals surface area contributed by atoms with Crippen LogP contribution in [0, 0.1) is 5.92 Å². The van der Waals surface area contributed by atoms with Crippen LogP contribution in [0.15, 0.2) is 22.7 Å². The first kappa shape index (κ1) is 15.2. The van der Waals surface area contributed by atoms with Gasteiger partial charge in [0.05, 0.1) is 16.5 Å². The van der Waals surface area contributed by atoms with Gasteiger partial charge in [-0.05, 0) is 46.4 Å². The number of hydrogen-bond donors (Lipinski definition) is 0. The Kier molecular flexibility index (Phi) is 4.60.